The van der Waals surface area contributed by atoms with E-state index in [0.29, 0.717) is 5.02 Å². The molecule has 3 heteroatoms. The van der Waals surface area contributed by atoms with Crippen molar-refractivity contribution in [3.8, 4) is 11.1 Å². The molecule has 0 aliphatic carbocycles. The topological polar surface area (TPSA) is 32.9 Å². The van der Waals surface area contributed by atoms with Crippen LogP contribution in [0.5, 0.6) is 0 Å². The van der Waals surface area contributed by atoms with E-state index in [1.165, 1.54) is 6.07 Å². The molecule has 0 bridgehead atoms. The molecule has 0 saturated carbocycles. The average molecular weight is 206 g/mol. The third-order valence-corrected chi connectivity index (χ3v) is 2.29. The van der Waals surface area contributed by atoms with Crippen molar-refractivity contribution in [2.45, 2.75) is 0 Å². The lowest BCUT2D eigenvalue weighted by atomic mass is 10.1. The molecule has 0 aliphatic heterocycles. The fraction of sp³-hybridized carbons (Fsp3) is 0. The monoisotopic (exact) mass is 205 g/mol. The molecule has 2 aromatic rings. The minimum atomic E-state index is -0.123. The van der Waals surface area contributed by atoms with Crippen LogP contribution in [-0.4, -0.2) is 4.98 Å². The van der Waals surface area contributed by atoms with E-state index in [1.54, 1.807) is 12.3 Å². The lowest BCUT2D eigenvalue weighted by Gasteiger charge is -2.02. The summed E-state index contributed by atoms with van der Waals surface area (Å²) in [5, 5.41) is 0.651. The number of hydrogen-bond donors (Lipinski definition) is 1. The van der Waals surface area contributed by atoms with Gasteiger partial charge in [0.1, 0.15) is 0 Å². The zero-order valence-corrected chi connectivity index (χ0v) is 8.08. The van der Waals surface area contributed by atoms with Crippen molar-refractivity contribution in [3.05, 3.63) is 58.0 Å². The molecule has 1 heterocycles. The van der Waals surface area contributed by atoms with Gasteiger partial charge in [0.15, 0.2) is 0 Å². The van der Waals surface area contributed by atoms with E-state index in [1.807, 2.05) is 24.3 Å². The van der Waals surface area contributed by atoms with Gasteiger partial charge in [0.25, 0.3) is 0 Å². The van der Waals surface area contributed by atoms with Gasteiger partial charge in [-0.05, 0) is 17.7 Å². The summed E-state index contributed by atoms with van der Waals surface area (Å²) >= 11 is 6.00. The Morgan fingerprint density at radius 2 is 1.93 bits per heavy atom. The van der Waals surface area contributed by atoms with Crippen molar-refractivity contribution in [1.29, 1.82) is 0 Å². The van der Waals surface area contributed by atoms with E-state index in [4.69, 9.17) is 11.6 Å². The summed E-state index contributed by atoms with van der Waals surface area (Å²) in [5.74, 6) is 0. The van der Waals surface area contributed by atoms with E-state index in [0.717, 1.165) is 11.1 Å². The van der Waals surface area contributed by atoms with Crippen LogP contribution in [0.25, 0.3) is 11.1 Å². The summed E-state index contributed by atoms with van der Waals surface area (Å²) in [6, 6.07) is 10.8. The third-order valence-electron chi connectivity index (χ3n) is 1.96. The second-order valence-electron chi connectivity index (χ2n) is 2.92. The van der Waals surface area contributed by atoms with Gasteiger partial charge in [-0.1, -0.05) is 29.8 Å². The largest absolute Gasteiger partial charge is 0.329 e. The molecule has 0 spiro atoms. The van der Waals surface area contributed by atoms with E-state index >= 15 is 0 Å². The van der Waals surface area contributed by atoms with Gasteiger partial charge in [-0.3, -0.25) is 4.79 Å². The van der Waals surface area contributed by atoms with Crippen molar-refractivity contribution >= 4 is 11.6 Å². The van der Waals surface area contributed by atoms with Crippen LogP contribution < -0.4 is 5.56 Å². The van der Waals surface area contributed by atoms with Crippen LogP contribution in [0.3, 0.4) is 0 Å². The number of aromatic amines is 1. The molecular weight excluding hydrogens is 198 g/mol. The molecule has 0 amide bonds. The smallest absolute Gasteiger partial charge is 0.248 e. The fourth-order valence-corrected chi connectivity index (χ4v) is 1.55. The van der Waals surface area contributed by atoms with E-state index in [-0.39, 0.29) is 5.56 Å². The predicted molar refractivity (Wildman–Crippen MR) is 57.5 cm³/mol. The first-order valence-electron chi connectivity index (χ1n) is 4.21. The van der Waals surface area contributed by atoms with Crippen LogP contribution in [0.4, 0.5) is 0 Å². The van der Waals surface area contributed by atoms with E-state index < -0.39 is 0 Å². The normalized spacial score (nSPS) is 10.1. The predicted octanol–water partition coefficient (Wildman–Crippen LogP) is 2.70. The zero-order chi connectivity index (χ0) is 9.97. The molecular formula is C11H8ClNO. The number of benzene rings is 1. The number of pyridine rings is 1. The van der Waals surface area contributed by atoms with Gasteiger partial charge < -0.3 is 4.98 Å². The fourth-order valence-electron chi connectivity index (χ4n) is 1.31. The van der Waals surface area contributed by atoms with Crippen LogP contribution in [-0.2, 0) is 0 Å². The van der Waals surface area contributed by atoms with E-state index in [2.05, 4.69) is 4.98 Å². The Labute approximate surface area is 86.2 Å². The molecule has 1 N–H and O–H groups in total. The van der Waals surface area contributed by atoms with Gasteiger partial charge in [-0.15, -0.1) is 0 Å². The van der Waals surface area contributed by atoms with Crippen molar-refractivity contribution in [2.75, 3.05) is 0 Å². The molecule has 0 fully saturated rings. The van der Waals surface area contributed by atoms with Crippen LogP contribution in [0.1, 0.15) is 0 Å². The maximum absolute atomic E-state index is 11.1. The SMILES string of the molecule is O=c1cc(-c2ccccc2Cl)cc[nH]1. The number of rotatable bonds is 1. The number of H-pyrrole nitrogens is 1. The Morgan fingerprint density at radius 3 is 2.64 bits per heavy atom. The summed E-state index contributed by atoms with van der Waals surface area (Å²) in [5.41, 5.74) is 1.59. The molecule has 14 heavy (non-hydrogen) atoms. The number of halogens is 1. The van der Waals surface area contributed by atoms with E-state index in [9.17, 15) is 4.79 Å². The standard InChI is InChI=1S/C11H8ClNO/c12-10-4-2-1-3-9(10)8-5-6-13-11(14)7-8/h1-7H,(H,13,14). The zero-order valence-electron chi connectivity index (χ0n) is 7.33. The lowest BCUT2D eigenvalue weighted by molar-refractivity contribution is 1.24. The molecule has 0 unspecified atom stereocenters. The van der Waals surface area contributed by atoms with Crippen molar-refractivity contribution in [1.82, 2.24) is 4.98 Å². The quantitative estimate of drug-likeness (QED) is 0.763. The van der Waals surface area contributed by atoms with Gasteiger partial charge in [-0.2, -0.15) is 0 Å². The Kier molecular flexibility index (Phi) is 2.37. The molecule has 0 radical (unpaired) electrons. The molecule has 0 atom stereocenters. The minimum Gasteiger partial charge on any atom is -0.329 e. The van der Waals surface area contributed by atoms with Gasteiger partial charge in [-0.25, -0.2) is 0 Å². The number of aromatic nitrogens is 1. The van der Waals surface area contributed by atoms with Crippen molar-refractivity contribution in [3.63, 3.8) is 0 Å². The first-order valence-corrected chi connectivity index (χ1v) is 4.59. The van der Waals surface area contributed by atoms with Gasteiger partial charge >= 0.3 is 0 Å². The Balaban J connectivity index is 2.61. The first kappa shape index (κ1) is 9.03. The minimum absolute atomic E-state index is 0.123. The summed E-state index contributed by atoms with van der Waals surface area (Å²) in [7, 11) is 0. The molecule has 2 nitrogen and oxygen atoms in total. The van der Waals surface area contributed by atoms with Crippen LogP contribution in [0, 0.1) is 0 Å². The van der Waals surface area contributed by atoms with Gasteiger partial charge in [0.2, 0.25) is 5.56 Å². The Hall–Kier alpha value is -1.54. The second-order valence-corrected chi connectivity index (χ2v) is 3.33. The second kappa shape index (κ2) is 3.68. The van der Waals surface area contributed by atoms with Crippen LogP contribution in [0.15, 0.2) is 47.4 Å². The highest BCUT2D eigenvalue weighted by molar-refractivity contribution is 6.33. The third kappa shape index (κ3) is 1.70. The van der Waals surface area contributed by atoms with Crippen LogP contribution >= 0.6 is 11.6 Å². The molecule has 70 valence electrons. The maximum atomic E-state index is 11.1. The summed E-state index contributed by atoms with van der Waals surface area (Å²) in [6.45, 7) is 0. The summed E-state index contributed by atoms with van der Waals surface area (Å²) in [6.07, 6.45) is 1.61. The molecule has 2 rings (SSSR count). The molecule has 1 aromatic carbocycles. The van der Waals surface area contributed by atoms with Crippen molar-refractivity contribution < 1.29 is 0 Å². The highest BCUT2D eigenvalue weighted by atomic mass is 35.5. The lowest BCUT2D eigenvalue weighted by Crippen LogP contribution is -2.02. The Bertz CT molecular complexity index is 504. The highest BCUT2D eigenvalue weighted by Crippen LogP contribution is 2.25. The highest BCUT2D eigenvalue weighted by Gasteiger charge is 2.01. The maximum Gasteiger partial charge on any atom is 0.248 e. The van der Waals surface area contributed by atoms with Gasteiger partial charge in [0.05, 0.1) is 0 Å². The van der Waals surface area contributed by atoms with Gasteiger partial charge in [0, 0.05) is 22.8 Å². The average Bonchev–Trinajstić information content (AvgIpc) is 2.18. The molecule has 0 aliphatic rings. The first-order chi connectivity index (χ1) is 6.77. The summed E-state index contributed by atoms with van der Waals surface area (Å²) < 4.78 is 0. The number of hydrogen-bond acceptors (Lipinski definition) is 1. The van der Waals surface area contributed by atoms with Crippen molar-refractivity contribution in [2.24, 2.45) is 0 Å². The molecule has 0 saturated heterocycles. The molecule has 1 aromatic heterocycles. The number of nitrogens with one attached hydrogen (secondary N) is 1. The van der Waals surface area contributed by atoms with Crippen LogP contribution in [0.2, 0.25) is 5.02 Å². The Morgan fingerprint density at radius 1 is 1.14 bits per heavy atom. The summed E-state index contributed by atoms with van der Waals surface area (Å²) in [4.78, 5) is 13.6.